The maximum atomic E-state index is 10.7. The third-order valence-corrected chi connectivity index (χ3v) is 5.04. The van der Waals surface area contributed by atoms with E-state index in [0.717, 1.165) is 25.3 Å². The molecule has 0 radical (unpaired) electrons. The zero-order valence-corrected chi connectivity index (χ0v) is 15.2. The fourth-order valence-electron chi connectivity index (χ4n) is 2.63. The van der Waals surface area contributed by atoms with Crippen LogP contribution in [0.5, 0.6) is 0 Å². The Bertz CT molecular complexity index is 527. The molecular formula is C16H27N3O3S. The summed E-state index contributed by atoms with van der Waals surface area (Å²) in [5, 5.41) is 12.1. The van der Waals surface area contributed by atoms with E-state index in [4.69, 9.17) is 14.8 Å². The Hall–Kier alpha value is -1.02. The molecule has 1 saturated heterocycles. The molecular weight excluding hydrogens is 314 g/mol. The van der Waals surface area contributed by atoms with E-state index in [1.807, 2.05) is 7.05 Å². The first-order valence-corrected chi connectivity index (χ1v) is 8.81. The van der Waals surface area contributed by atoms with Gasteiger partial charge in [-0.05, 0) is 7.05 Å². The summed E-state index contributed by atoms with van der Waals surface area (Å²) in [5.41, 5.74) is 1.20. The van der Waals surface area contributed by atoms with Crippen molar-refractivity contribution in [2.45, 2.75) is 38.8 Å². The average molecular weight is 341 g/mol. The van der Waals surface area contributed by atoms with Crippen LogP contribution in [0.2, 0.25) is 0 Å². The third kappa shape index (κ3) is 5.84. The van der Waals surface area contributed by atoms with Crippen LogP contribution in [0.15, 0.2) is 5.38 Å². The van der Waals surface area contributed by atoms with E-state index in [1.165, 1.54) is 5.01 Å². The lowest BCUT2D eigenvalue weighted by Crippen LogP contribution is -2.47. The average Bonchev–Trinajstić information content (AvgIpc) is 2.86. The van der Waals surface area contributed by atoms with Crippen molar-refractivity contribution in [2.75, 3.05) is 39.8 Å². The molecule has 1 aromatic rings. The van der Waals surface area contributed by atoms with E-state index in [9.17, 15) is 4.79 Å². The van der Waals surface area contributed by atoms with Crippen LogP contribution in [0.4, 0.5) is 0 Å². The van der Waals surface area contributed by atoms with E-state index >= 15 is 0 Å². The molecule has 0 amide bonds. The molecule has 2 rings (SSSR count). The van der Waals surface area contributed by atoms with Gasteiger partial charge in [0.15, 0.2) is 0 Å². The molecule has 1 atom stereocenters. The Kier molecular flexibility index (Phi) is 6.13. The zero-order valence-electron chi connectivity index (χ0n) is 14.4. The highest BCUT2D eigenvalue weighted by Crippen LogP contribution is 2.26. The van der Waals surface area contributed by atoms with Gasteiger partial charge in [0.25, 0.3) is 0 Å². The van der Waals surface area contributed by atoms with Crippen LogP contribution >= 0.6 is 11.3 Å². The second-order valence-electron chi connectivity index (χ2n) is 7.21. The maximum Gasteiger partial charge on any atom is 0.317 e. The maximum absolute atomic E-state index is 10.7. The molecule has 1 unspecified atom stereocenters. The number of hydrogen-bond acceptors (Lipinski definition) is 6. The Morgan fingerprint density at radius 2 is 2.30 bits per heavy atom. The molecule has 1 aliphatic rings. The number of carboxylic acids is 1. The molecule has 130 valence electrons. The van der Waals surface area contributed by atoms with Gasteiger partial charge in [0, 0.05) is 37.0 Å². The molecule has 0 aliphatic carbocycles. The highest BCUT2D eigenvalue weighted by Gasteiger charge is 2.24. The molecule has 1 N–H and O–H groups in total. The Balaban J connectivity index is 1.86. The Labute approximate surface area is 142 Å². The molecule has 0 saturated carbocycles. The summed E-state index contributed by atoms with van der Waals surface area (Å²) in [6.45, 7) is 10.4. The number of rotatable bonds is 6. The van der Waals surface area contributed by atoms with Crippen LogP contribution < -0.4 is 0 Å². The topological polar surface area (TPSA) is 65.9 Å². The summed E-state index contributed by atoms with van der Waals surface area (Å²) < 4.78 is 5.76. The molecule has 0 spiro atoms. The molecule has 7 heteroatoms. The quantitative estimate of drug-likeness (QED) is 0.849. The van der Waals surface area contributed by atoms with Crippen molar-refractivity contribution < 1.29 is 14.6 Å². The highest BCUT2D eigenvalue weighted by atomic mass is 32.1. The highest BCUT2D eigenvalue weighted by molar-refractivity contribution is 7.09. The van der Waals surface area contributed by atoms with Crippen molar-refractivity contribution in [2.24, 2.45) is 0 Å². The number of ether oxygens (including phenoxy) is 1. The van der Waals surface area contributed by atoms with Gasteiger partial charge in [0.2, 0.25) is 0 Å². The number of morpholine rings is 1. The van der Waals surface area contributed by atoms with Crippen molar-refractivity contribution >= 4 is 17.3 Å². The molecule has 6 nitrogen and oxygen atoms in total. The minimum absolute atomic E-state index is 0.0425. The molecule has 0 bridgehead atoms. The van der Waals surface area contributed by atoms with Gasteiger partial charge in [-0.2, -0.15) is 0 Å². The second kappa shape index (κ2) is 7.70. The monoisotopic (exact) mass is 341 g/mol. The van der Waals surface area contributed by atoms with Gasteiger partial charge in [-0.25, -0.2) is 4.98 Å². The number of aliphatic carboxylic acids is 1. The number of likely N-dealkylation sites (N-methyl/N-ethyl adjacent to an activating group) is 1. The number of carboxylic acid groups (broad SMARTS) is 1. The minimum Gasteiger partial charge on any atom is -0.480 e. The van der Waals surface area contributed by atoms with Crippen molar-refractivity contribution in [3.05, 3.63) is 16.1 Å². The van der Waals surface area contributed by atoms with E-state index in [2.05, 4.69) is 31.1 Å². The van der Waals surface area contributed by atoms with Gasteiger partial charge >= 0.3 is 5.97 Å². The summed E-state index contributed by atoms with van der Waals surface area (Å²) in [4.78, 5) is 19.6. The molecule has 1 aromatic heterocycles. The molecule has 1 aliphatic heterocycles. The fourth-order valence-corrected chi connectivity index (χ4v) is 3.53. The number of hydrogen-bond donors (Lipinski definition) is 1. The molecule has 2 heterocycles. The lowest BCUT2D eigenvalue weighted by molar-refractivity contribution is -0.138. The van der Waals surface area contributed by atoms with Gasteiger partial charge < -0.3 is 9.84 Å². The lowest BCUT2D eigenvalue weighted by Gasteiger charge is -2.34. The largest absolute Gasteiger partial charge is 0.480 e. The smallest absolute Gasteiger partial charge is 0.317 e. The predicted octanol–water partition coefficient (Wildman–Crippen LogP) is 1.66. The van der Waals surface area contributed by atoms with Crippen LogP contribution in [0.1, 0.15) is 31.5 Å². The summed E-state index contributed by atoms with van der Waals surface area (Å²) in [7, 11) is 1.81. The van der Waals surface area contributed by atoms with E-state index in [-0.39, 0.29) is 18.1 Å². The first-order chi connectivity index (χ1) is 10.7. The van der Waals surface area contributed by atoms with Crippen molar-refractivity contribution in [1.29, 1.82) is 0 Å². The number of nitrogens with zero attached hydrogens (tertiary/aromatic N) is 3. The van der Waals surface area contributed by atoms with Crippen LogP contribution in [0, 0.1) is 0 Å². The van der Waals surface area contributed by atoms with Crippen LogP contribution in [0.3, 0.4) is 0 Å². The van der Waals surface area contributed by atoms with Gasteiger partial charge in [0.1, 0.15) is 0 Å². The summed E-state index contributed by atoms with van der Waals surface area (Å²) in [6.07, 6.45) is 0.0498. The van der Waals surface area contributed by atoms with Gasteiger partial charge in [-0.15, -0.1) is 11.3 Å². The van der Waals surface area contributed by atoms with Crippen LogP contribution in [-0.4, -0.2) is 71.8 Å². The van der Waals surface area contributed by atoms with E-state index in [0.29, 0.717) is 13.2 Å². The Morgan fingerprint density at radius 3 is 2.91 bits per heavy atom. The molecule has 1 fully saturated rings. The second-order valence-corrected chi connectivity index (χ2v) is 8.07. The minimum atomic E-state index is -0.808. The number of carbonyl (C=O) groups is 1. The van der Waals surface area contributed by atoms with Crippen molar-refractivity contribution in [3.63, 3.8) is 0 Å². The number of aromatic nitrogens is 1. The van der Waals surface area contributed by atoms with Crippen molar-refractivity contribution in [1.82, 2.24) is 14.8 Å². The van der Waals surface area contributed by atoms with Crippen LogP contribution in [0.25, 0.3) is 0 Å². The summed E-state index contributed by atoms with van der Waals surface area (Å²) in [5.74, 6) is -0.808. The van der Waals surface area contributed by atoms with Gasteiger partial charge in [-0.3, -0.25) is 14.6 Å². The first-order valence-electron chi connectivity index (χ1n) is 7.93. The van der Waals surface area contributed by atoms with Gasteiger partial charge in [-0.1, -0.05) is 20.8 Å². The standard InChI is InChI=1S/C16H27N3O3S/c1-16(2,3)15-17-12(11-23-15)7-19-5-6-22-13(9-19)8-18(4)10-14(20)21/h11,13H,5-10H2,1-4H3,(H,20,21). The lowest BCUT2D eigenvalue weighted by atomic mass is 9.98. The summed E-state index contributed by atoms with van der Waals surface area (Å²) in [6, 6.07) is 0. The van der Waals surface area contributed by atoms with Crippen LogP contribution in [-0.2, 0) is 21.5 Å². The normalized spacial score (nSPS) is 20.1. The van der Waals surface area contributed by atoms with E-state index < -0.39 is 5.97 Å². The fraction of sp³-hybridized carbons (Fsp3) is 0.750. The van der Waals surface area contributed by atoms with Crippen molar-refractivity contribution in [3.8, 4) is 0 Å². The molecule has 0 aromatic carbocycles. The summed E-state index contributed by atoms with van der Waals surface area (Å²) >= 11 is 1.72. The molecule has 23 heavy (non-hydrogen) atoms. The third-order valence-electron chi connectivity index (χ3n) is 3.72. The zero-order chi connectivity index (χ0) is 17.0. The predicted molar refractivity (Wildman–Crippen MR) is 91.0 cm³/mol. The Morgan fingerprint density at radius 1 is 1.57 bits per heavy atom. The first kappa shape index (κ1) is 18.3. The number of thiazole rings is 1. The van der Waals surface area contributed by atoms with E-state index in [1.54, 1.807) is 16.2 Å². The van der Waals surface area contributed by atoms with Gasteiger partial charge in [0.05, 0.1) is 30.0 Å². The SMILES string of the molecule is CN(CC(=O)O)CC1CN(Cc2csc(C(C)(C)C)n2)CCO1.